The first-order valence-corrected chi connectivity index (χ1v) is 8.16. The van der Waals surface area contributed by atoms with Crippen LogP contribution in [0.2, 0.25) is 0 Å². The van der Waals surface area contributed by atoms with Gasteiger partial charge in [0.25, 0.3) is 5.56 Å². The molecule has 0 saturated heterocycles. The molecule has 0 unspecified atom stereocenters. The van der Waals surface area contributed by atoms with Crippen LogP contribution in [-0.4, -0.2) is 10.9 Å². The second-order valence-electron chi connectivity index (χ2n) is 6.57. The monoisotopic (exact) mass is 328 g/mol. The van der Waals surface area contributed by atoms with Gasteiger partial charge in [-0.25, -0.2) is 4.39 Å². The van der Waals surface area contributed by atoms with Crippen molar-refractivity contribution in [3.8, 4) is 0 Å². The molecule has 1 aliphatic rings. The largest absolute Gasteiger partial charge is 0.351 e. The fourth-order valence-corrected chi connectivity index (χ4v) is 3.39. The van der Waals surface area contributed by atoms with Crippen LogP contribution in [0, 0.1) is 19.7 Å². The minimum atomic E-state index is -0.598. The highest BCUT2D eigenvalue weighted by molar-refractivity contribution is 5.89. The Balaban J connectivity index is 1.79. The summed E-state index contributed by atoms with van der Waals surface area (Å²) in [5.41, 5.74) is 2.30. The SMILES string of the molecule is Cc1cc(C)c(CNC(=O)C2(c3ccc(F)cc3)CCC2)c(=O)[nH]1. The van der Waals surface area contributed by atoms with Crippen molar-refractivity contribution in [3.63, 3.8) is 0 Å². The van der Waals surface area contributed by atoms with E-state index in [4.69, 9.17) is 0 Å². The molecule has 1 saturated carbocycles. The Morgan fingerprint density at radius 1 is 1.25 bits per heavy atom. The van der Waals surface area contributed by atoms with Crippen molar-refractivity contribution < 1.29 is 9.18 Å². The van der Waals surface area contributed by atoms with Crippen LogP contribution < -0.4 is 10.9 Å². The third kappa shape index (κ3) is 2.86. The smallest absolute Gasteiger partial charge is 0.253 e. The first-order chi connectivity index (χ1) is 11.4. The summed E-state index contributed by atoms with van der Waals surface area (Å²) in [5.74, 6) is -0.407. The van der Waals surface area contributed by atoms with E-state index in [2.05, 4.69) is 10.3 Å². The van der Waals surface area contributed by atoms with Gasteiger partial charge < -0.3 is 10.3 Å². The van der Waals surface area contributed by atoms with Crippen LogP contribution in [0.1, 0.15) is 41.6 Å². The molecule has 24 heavy (non-hydrogen) atoms. The van der Waals surface area contributed by atoms with E-state index in [-0.39, 0.29) is 23.8 Å². The summed E-state index contributed by atoms with van der Waals surface area (Å²) in [7, 11) is 0. The minimum Gasteiger partial charge on any atom is -0.351 e. The van der Waals surface area contributed by atoms with Gasteiger partial charge in [0.05, 0.1) is 5.41 Å². The summed E-state index contributed by atoms with van der Waals surface area (Å²) < 4.78 is 13.2. The number of benzene rings is 1. The molecule has 0 radical (unpaired) electrons. The Morgan fingerprint density at radius 2 is 1.92 bits per heavy atom. The lowest BCUT2D eigenvalue weighted by Gasteiger charge is -2.40. The molecule has 2 N–H and O–H groups in total. The first-order valence-electron chi connectivity index (χ1n) is 8.16. The van der Waals surface area contributed by atoms with Gasteiger partial charge in [0.1, 0.15) is 5.82 Å². The lowest BCUT2D eigenvalue weighted by atomic mass is 9.64. The van der Waals surface area contributed by atoms with Gasteiger partial charge in [0.15, 0.2) is 0 Å². The summed E-state index contributed by atoms with van der Waals surface area (Å²) in [6.07, 6.45) is 2.45. The maximum Gasteiger partial charge on any atom is 0.253 e. The van der Waals surface area contributed by atoms with Gasteiger partial charge in [0.2, 0.25) is 5.91 Å². The van der Waals surface area contributed by atoms with E-state index in [0.29, 0.717) is 5.56 Å². The van der Waals surface area contributed by atoms with Crippen LogP contribution in [0.3, 0.4) is 0 Å². The number of rotatable bonds is 4. The maximum absolute atomic E-state index is 13.2. The Hall–Kier alpha value is -2.43. The van der Waals surface area contributed by atoms with Crippen LogP contribution in [-0.2, 0) is 16.8 Å². The second kappa shape index (κ2) is 6.23. The molecule has 1 heterocycles. The summed E-state index contributed by atoms with van der Waals surface area (Å²) >= 11 is 0. The fourth-order valence-electron chi connectivity index (χ4n) is 3.39. The van der Waals surface area contributed by atoms with Crippen molar-refractivity contribution in [1.82, 2.24) is 10.3 Å². The minimum absolute atomic E-state index is 0.0975. The molecular formula is C19H21FN2O2. The Kier molecular flexibility index (Phi) is 4.26. The van der Waals surface area contributed by atoms with Crippen LogP contribution in [0.5, 0.6) is 0 Å². The van der Waals surface area contributed by atoms with Gasteiger partial charge >= 0.3 is 0 Å². The average Bonchev–Trinajstić information content (AvgIpc) is 2.47. The molecule has 0 aliphatic heterocycles. The zero-order chi connectivity index (χ0) is 17.3. The molecule has 1 amide bonds. The standard InChI is InChI=1S/C19H21FN2O2/c1-12-10-13(2)22-17(23)16(12)11-21-18(24)19(8-3-9-19)14-4-6-15(20)7-5-14/h4-7,10H,3,8-9,11H2,1-2H3,(H,21,24)(H,22,23). The summed E-state index contributed by atoms with van der Waals surface area (Å²) in [6, 6.07) is 8.02. The van der Waals surface area contributed by atoms with E-state index in [1.165, 1.54) is 12.1 Å². The van der Waals surface area contributed by atoms with Crippen molar-refractivity contribution in [2.45, 2.75) is 45.1 Å². The van der Waals surface area contributed by atoms with E-state index in [1.807, 2.05) is 19.9 Å². The van der Waals surface area contributed by atoms with E-state index in [0.717, 1.165) is 36.1 Å². The van der Waals surface area contributed by atoms with Gasteiger partial charge in [0, 0.05) is 17.8 Å². The van der Waals surface area contributed by atoms with Gasteiger partial charge in [-0.2, -0.15) is 0 Å². The number of aromatic nitrogens is 1. The van der Waals surface area contributed by atoms with E-state index >= 15 is 0 Å². The van der Waals surface area contributed by atoms with E-state index in [1.54, 1.807) is 12.1 Å². The molecule has 1 fully saturated rings. The number of carbonyl (C=O) groups is 1. The third-order valence-electron chi connectivity index (χ3n) is 4.96. The number of carbonyl (C=O) groups excluding carboxylic acids is 1. The van der Waals surface area contributed by atoms with Crippen LogP contribution in [0.4, 0.5) is 4.39 Å². The summed E-state index contributed by atoms with van der Waals surface area (Å²) in [5, 5.41) is 2.90. The number of aromatic amines is 1. The van der Waals surface area contributed by atoms with Gasteiger partial charge in [-0.15, -0.1) is 0 Å². The predicted molar refractivity (Wildman–Crippen MR) is 90.3 cm³/mol. The molecule has 2 aromatic rings. The van der Waals surface area contributed by atoms with E-state index in [9.17, 15) is 14.0 Å². The van der Waals surface area contributed by atoms with Crippen LogP contribution in [0.15, 0.2) is 35.1 Å². The number of amides is 1. The highest BCUT2D eigenvalue weighted by Gasteiger charge is 2.45. The summed E-state index contributed by atoms with van der Waals surface area (Å²) in [6.45, 7) is 3.89. The molecule has 1 aliphatic carbocycles. The molecule has 5 heteroatoms. The normalized spacial score (nSPS) is 15.6. The Morgan fingerprint density at radius 3 is 2.46 bits per heavy atom. The zero-order valence-electron chi connectivity index (χ0n) is 13.9. The summed E-state index contributed by atoms with van der Waals surface area (Å²) in [4.78, 5) is 27.6. The van der Waals surface area contributed by atoms with E-state index < -0.39 is 5.41 Å². The lowest BCUT2D eigenvalue weighted by Crippen LogP contribution is -2.49. The molecule has 1 aromatic carbocycles. The quantitative estimate of drug-likeness (QED) is 0.906. The highest BCUT2D eigenvalue weighted by atomic mass is 19.1. The van der Waals surface area contributed by atoms with Gasteiger partial charge in [-0.05, 0) is 56.0 Å². The highest BCUT2D eigenvalue weighted by Crippen LogP contribution is 2.44. The molecule has 0 spiro atoms. The molecule has 4 nitrogen and oxygen atoms in total. The number of nitrogens with one attached hydrogen (secondary N) is 2. The average molecular weight is 328 g/mol. The number of pyridine rings is 1. The number of hydrogen-bond donors (Lipinski definition) is 2. The lowest BCUT2D eigenvalue weighted by molar-refractivity contribution is -0.130. The van der Waals surface area contributed by atoms with Crippen molar-refractivity contribution in [3.05, 3.63) is 68.9 Å². The second-order valence-corrected chi connectivity index (χ2v) is 6.57. The van der Waals surface area contributed by atoms with Gasteiger partial charge in [-0.3, -0.25) is 9.59 Å². The van der Waals surface area contributed by atoms with Crippen molar-refractivity contribution in [2.75, 3.05) is 0 Å². The number of halogens is 1. The van der Waals surface area contributed by atoms with Crippen molar-refractivity contribution in [2.24, 2.45) is 0 Å². The van der Waals surface area contributed by atoms with Gasteiger partial charge in [-0.1, -0.05) is 18.6 Å². The zero-order valence-corrected chi connectivity index (χ0v) is 13.9. The Labute approximate surface area is 140 Å². The Bertz CT molecular complexity index is 820. The number of aryl methyl sites for hydroxylation is 2. The molecule has 0 bridgehead atoms. The number of hydrogen-bond acceptors (Lipinski definition) is 2. The number of H-pyrrole nitrogens is 1. The molecule has 126 valence electrons. The van der Waals surface area contributed by atoms with Crippen LogP contribution >= 0.6 is 0 Å². The third-order valence-corrected chi connectivity index (χ3v) is 4.96. The maximum atomic E-state index is 13.2. The first kappa shape index (κ1) is 16.4. The van der Waals surface area contributed by atoms with Crippen molar-refractivity contribution in [1.29, 1.82) is 0 Å². The van der Waals surface area contributed by atoms with Crippen molar-refractivity contribution >= 4 is 5.91 Å². The van der Waals surface area contributed by atoms with Crippen LogP contribution in [0.25, 0.3) is 0 Å². The molecule has 0 atom stereocenters. The molecule has 3 rings (SSSR count). The topological polar surface area (TPSA) is 62.0 Å². The predicted octanol–water partition coefficient (Wildman–Crippen LogP) is 2.87. The molecule has 1 aromatic heterocycles. The molecular weight excluding hydrogens is 307 g/mol. The fraction of sp³-hybridized carbons (Fsp3) is 0.368.